The molecule has 0 radical (unpaired) electrons. The number of ether oxygens (including phenoxy) is 1. The van der Waals surface area contributed by atoms with Gasteiger partial charge in [-0.25, -0.2) is 0 Å². The van der Waals surface area contributed by atoms with Crippen molar-refractivity contribution in [2.24, 2.45) is 0 Å². The first-order chi connectivity index (χ1) is 8.72. The summed E-state index contributed by atoms with van der Waals surface area (Å²) in [4.78, 5) is 12.1. The van der Waals surface area contributed by atoms with Crippen LogP contribution in [0.1, 0.15) is 11.7 Å². The molecule has 0 aliphatic carbocycles. The zero-order valence-electron chi connectivity index (χ0n) is 9.88. The van der Waals surface area contributed by atoms with Gasteiger partial charge in [0.15, 0.2) is 11.9 Å². The van der Waals surface area contributed by atoms with Gasteiger partial charge in [0.05, 0.1) is 11.9 Å². The highest BCUT2D eigenvalue weighted by atomic mass is 16.5. The average molecular weight is 246 g/mol. The Morgan fingerprint density at radius 1 is 1.44 bits per heavy atom. The van der Waals surface area contributed by atoms with Crippen LogP contribution in [0.3, 0.4) is 0 Å². The fraction of sp³-hybridized carbons (Fsp3) is 0.167. The molecule has 6 heteroatoms. The minimum Gasteiger partial charge on any atom is -0.394 e. The molecule has 0 fully saturated rings. The van der Waals surface area contributed by atoms with Crippen LogP contribution in [0.5, 0.6) is 0 Å². The van der Waals surface area contributed by atoms with E-state index in [4.69, 9.17) is 10.5 Å². The van der Waals surface area contributed by atoms with Crippen LogP contribution >= 0.6 is 0 Å². The SMILES string of the molecule is COC(C(=O)Nc1[nH]ncc1N)c1ccccc1. The third-order valence-corrected chi connectivity index (χ3v) is 2.49. The molecule has 0 bridgehead atoms. The minimum atomic E-state index is -0.686. The van der Waals surface area contributed by atoms with Crippen LogP contribution in [0.25, 0.3) is 0 Å². The van der Waals surface area contributed by atoms with E-state index in [9.17, 15) is 4.79 Å². The van der Waals surface area contributed by atoms with Crippen LogP contribution < -0.4 is 11.1 Å². The van der Waals surface area contributed by atoms with Crippen LogP contribution in [0.4, 0.5) is 11.5 Å². The van der Waals surface area contributed by atoms with Gasteiger partial charge in [-0.3, -0.25) is 9.89 Å². The van der Waals surface area contributed by atoms with E-state index < -0.39 is 6.10 Å². The molecule has 4 N–H and O–H groups in total. The fourth-order valence-electron chi connectivity index (χ4n) is 1.61. The van der Waals surface area contributed by atoms with Gasteiger partial charge in [-0.15, -0.1) is 0 Å². The number of nitrogens with two attached hydrogens (primary N) is 1. The van der Waals surface area contributed by atoms with Gasteiger partial charge in [0, 0.05) is 7.11 Å². The smallest absolute Gasteiger partial charge is 0.259 e. The maximum atomic E-state index is 12.1. The van der Waals surface area contributed by atoms with Crippen LogP contribution in [0.2, 0.25) is 0 Å². The lowest BCUT2D eigenvalue weighted by atomic mass is 10.1. The van der Waals surface area contributed by atoms with Crippen molar-refractivity contribution in [1.82, 2.24) is 10.2 Å². The number of amides is 1. The molecule has 0 spiro atoms. The molecule has 1 aromatic carbocycles. The number of nitrogen functional groups attached to an aromatic ring is 1. The Labute approximate surface area is 104 Å². The van der Waals surface area contributed by atoms with Gasteiger partial charge in [0.25, 0.3) is 5.91 Å². The van der Waals surface area contributed by atoms with E-state index in [-0.39, 0.29) is 5.91 Å². The third-order valence-electron chi connectivity index (χ3n) is 2.49. The van der Waals surface area contributed by atoms with Crippen LogP contribution in [-0.2, 0) is 9.53 Å². The predicted octanol–water partition coefficient (Wildman–Crippen LogP) is 1.32. The lowest BCUT2D eigenvalue weighted by Gasteiger charge is -2.15. The molecule has 1 heterocycles. The molecule has 0 saturated heterocycles. The summed E-state index contributed by atoms with van der Waals surface area (Å²) in [5.74, 6) is 0.0673. The number of anilines is 2. The van der Waals surface area contributed by atoms with Crippen molar-refractivity contribution in [3.8, 4) is 0 Å². The number of hydrogen-bond donors (Lipinski definition) is 3. The quantitative estimate of drug-likeness (QED) is 0.758. The topological polar surface area (TPSA) is 93.0 Å². The van der Waals surface area contributed by atoms with Crippen LogP contribution in [-0.4, -0.2) is 23.2 Å². The Morgan fingerprint density at radius 2 is 2.17 bits per heavy atom. The third kappa shape index (κ3) is 2.49. The molecule has 2 rings (SSSR count). The first-order valence-corrected chi connectivity index (χ1v) is 5.40. The van der Waals surface area contributed by atoms with E-state index in [1.54, 1.807) is 0 Å². The molecule has 0 aliphatic heterocycles. The van der Waals surface area contributed by atoms with E-state index in [0.717, 1.165) is 5.56 Å². The summed E-state index contributed by atoms with van der Waals surface area (Å²) in [5, 5.41) is 8.96. The molecular weight excluding hydrogens is 232 g/mol. The number of hydrogen-bond acceptors (Lipinski definition) is 4. The van der Waals surface area contributed by atoms with Gasteiger partial charge in [0.1, 0.15) is 0 Å². The Bertz CT molecular complexity index is 524. The minimum absolute atomic E-state index is 0.306. The average Bonchev–Trinajstić information content (AvgIpc) is 2.77. The van der Waals surface area contributed by atoms with Crippen molar-refractivity contribution in [3.05, 3.63) is 42.1 Å². The van der Waals surface area contributed by atoms with Crippen molar-refractivity contribution in [3.63, 3.8) is 0 Å². The summed E-state index contributed by atoms with van der Waals surface area (Å²) in [6, 6.07) is 9.22. The van der Waals surface area contributed by atoms with E-state index in [1.807, 2.05) is 30.3 Å². The number of nitrogens with zero attached hydrogens (tertiary/aromatic N) is 1. The zero-order chi connectivity index (χ0) is 13.0. The first kappa shape index (κ1) is 12.1. The monoisotopic (exact) mass is 246 g/mol. The number of rotatable bonds is 4. The number of methoxy groups -OCH3 is 1. The highest BCUT2D eigenvalue weighted by molar-refractivity contribution is 5.96. The van der Waals surface area contributed by atoms with Gasteiger partial charge >= 0.3 is 0 Å². The standard InChI is InChI=1S/C12H14N4O2/c1-18-10(8-5-3-2-4-6-8)12(17)15-11-9(13)7-14-16-11/h2-7,10H,13H2,1H3,(H2,14,15,16,17). The summed E-state index contributed by atoms with van der Waals surface area (Å²) in [5.41, 5.74) is 6.77. The van der Waals surface area contributed by atoms with E-state index >= 15 is 0 Å². The molecule has 1 unspecified atom stereocenters. The Balaban J connectivity index is 2.14. The largest absolute Gasteiger partial charge is 0.394 e. The summed E-state index contributed by atoms with van der Waals surface area (Å²) < 4.78 is 5.20. The molecule has 94 valence electrons. The van der Waals surface area contributed by atoms with Gasteiger partial charge in [-0.2, -0.15) is 5.10 Å². The highest BCUT2D eigenvalue weighted by Crippen LogP contribution is 2.20. The summed E-state index contributed by atoms with van der Waals surface area (Å²) in [6.07, 6.45) is 0.744. The Hall–Kier alpha value is -2.34. The highest BCUT2D eigenvalue weighted by Gasteiger charge is 2.20. The summed E-state index contributed by atoms with van der Waals surface area (Å²) >= 11 is 0. The zero-order valence-corrected chi connectivity index (χ0v) is 9.88. The fourth-order valence-corrected chi connectivity index (χ4v) is 1.61. The molecule has 18 heavy (non-hydrogen) atoms. The maximum Gasteiger partial charge on any atom is 0.259 e. The van der Waals surface area contributed by atoms with E-state index in [0.29, 0.717) is 11.5 Å². The molecular formula is C12H14N4O2. The number of H-pyrrole nitrogens is 1. The summed E-state index contributed by atoms with van der Waals surface area (Å²) in [7, 11) is 1.48. The number of nitrogens with one attached hydrogen (secondary N) is 2. The van der Waals surface area contributed by atoms with Crippen molar-refractivity contribution in [1.29, 1.82) is 0 Å². The van der Waals surface area contributed by atoms with E-state index in [2.05, 4.69) is 15.5 Å². The van der Waals surface area contributed by atoms with Crippen molar-refractivity contribution in [2.45, 2.75) is 6.10 Å². The van der Waals surface area contributed by atoms with Crippen molar-refractivity contribution >= 4 is 17.4 Å². The molecule has 0 saturated carbocycles. The predicted molar refractivity (Wildman–Crippen MR) is 67.8 cm³/mol. The van der Waals surface area contributed by atoms with Crippen molar-refractivity contribution < 1.29 is 9.53 Å². The van der Waals surface area contributed by atoms with Gasteiger partial charge in [-0.1, -0.05) is 30.3 Å². The van der Waals surface area contributed by atoms with Crippen molar-refractivity contribution in [2.75, 3.05) is 18.2 Å². The normalized spacial score (nSPS) is 12.1. The molecule has 0 aliphatic rings. The van der Waals surface area contributed by atoms with E-state index in [1.165, 1.54) is 13.3 Å². The molecule has 6 nitrogen and oxygen atoms in total. The van der Waals surface area contributed by atoms with Gasteiger partial charge in [0.2, 0.25) is 0 Å². The van der Waals surface area contributed by atoms with Crippen LogP contribution in [0, 0.1) is 0 Å². The van der Waals surface area contributed by atoms with Crippen LogP contribution in [0.15, 0.2) is 36.5 Å². The second-order valence-corrected chi connectivity index (χ2v) is 3.72. The molecule has 1 amide bonds. The molecule has 1 aromatic heterocycles. The first-order valence-electron chi connectivity index (χ1n) is 5.40. The maximum absolute atomic E-state index is 12.1. The number of carbonyl (C=O) groups excluding carboxylic acids is 1. The number of aromatic amines is 1. The summed E-state index contributed by atoms with van der Waals surface area (Å²) in [6.45, 7) is 0. The van der Waals surface area contributed by atoms with Gasteiger partial charge < -0.3 is 15.8 Å². The second-order valence-electron chi connectivity index (χ2n) is 3.72. The lowest BCUT2D eigenvalue weighted by Crippen LogP contribution is -2.23. The number of benzene rings is 1. The molecule has 2 aromatic rings. The number of carbonyl (C=O) groups is 1. The Morgan fingerprint density at radius 3 is 2.72 bits per heavy atom. The number of aromatic nitrogens is 2. The molecule has 1 atom stereocenters. The lowest BCUT2D eigenvalue weighted by molar-refractivity contribution is -0.126. The van der Waals surface area contributed by atoms with Gasteiger partial charge in [-0.05, 0) is 5.56 Å². The second kappa shape index (κ2) is 5.33. The Kier molecular flexibility index (Phi) is 3.59.